The molecule has 1 heterocycles. The number of nitrogens with zero attached hydrogens (tertiary/aromatic N) is 2. The summed E-state index contributed by atoms with van der Waals surface area (Å²) in [5.74, 6) is -0.649. The largest absolute Gasteiger partial charge is 0.456 e. The molecule has 0 bridgehead atoms. The average molecular weight is 355 g/mol. The van der Waals surface area contributed by atoms with E-state index in [4.69, 9.17) is 4.74 Å². The van der Waals surface area contributed by atoms with Crippen LogP contribution >= 0.6 is 0 Å². The fourth-order valence-corrected chi connectivity index (χ4v) is 3.15. The fourth-order valence-electron chi connectivity index (χ4n) is 3.15. The number of amides is 1. The Hall–Kier alpha value is -2.63. The first-order valence-electron chi connectivity index (χ1n) is 8.97. The number of aryl methyl sites for hydroxylation is 3. The minimum Gasteiger partial charge on any atom is -0.456 e. The van der Waals surface area contributed by atoms with Crippen molar-refractivity contribution in [2.24, 2.45) is 0 Å². The molecule has 1 aromatic carbocycles. The van der Waals surface area contributed by atoms with Crippen molar-refractivity contribution >= 4 is 11.9 Å². The zero-order valence-electron chi connectivity index (χ0n) is 15.3. The first-order valence-corrected chi connectivity index (χ1v) is 8.97. The molecule has 1 aliphatic carbocycles. The lowest BCUT2D eigenvalue weighted by atomic mass is 9.96. The average Bonchev–Trinajstić information content (AvgIpc) is 3.36. The summed E-state index contributed by atoms with van der Waals surface area (Å²) in [6, 6.07) is 12.2. The third-order valence-electron chi connectivity index (χ3n) is 4.86. The van der Waals surface area contributed by atoms with E-state index in [1.165, 1.54) is 5.56 Å². The number of rotatable bonds is 8. The molecule has 1 amide bonds. The summed E-state index contributed by atoms with van der Waals surface area (Å²) in [7, 11) is 0. The van der Waals surface area contributed by atoms with Crippen LogP contribution in [0.4, 0.5) is 0 Å². The highest BCUT2D eigenvalue weighted by Crippen LogP contribution is 2.47. The number of ether oxygens (including phenoxy) is 1. The van der Waals surface area contributed by atoms with Crippen LogP contribution in [0.25, 0.3) is 0 Å². The van der Waals surface area contributed by atoms with Crippen LogP contribution in [0.1, 0.15) is 36.2 Å². The number of hydrogen-bond acceptors (Lipinski definition) is 4. The number of carbonyl (C=O) groups excluding carboxylic acids is 2. The number of benzene rings is 1. The number of carbonyl (C=O) groups is 2. The lowest BCUT2D eigenvalue weighted by molar-refractivity contribution is -0.148. The molecule has 138 valence electrons. The van der Waals surface area contributed by atoms with Gasteiger partial charge in [-0.1, -0.05) is 30.3 Å². The Kier molecular flexibility index (Phi) is 5.40. The highest BCUT2D eigenvalue weighted by molar-refractivity contribution is 5.80. The predicted octanol–water partition coefficient (Wildman–Crippen LogP) is 2.28. The van der Waals surface area contributed by atoms with Crippen molar-refractivity contribution in [2.75, 3.05) is 13.2 Å². The van der Waals surface area contributed by atoms with Crippen LogP contribution in [0.15, 0.2) is 36.4 Å². The van der Waals surface area contributed by atoms with E-state index in [0.29, 0.717) is 13.1 Å². The van der Waals surface area contributed by atoms with Crippen LogP contribution in [0.5, 0.6) is 0 Å². The smallest absolute Gasteiger partial charge is 0.308 e. The summed E-state index contributed by atoms with van der Waals surface area (Å²) in [6.45, 7) is 4.66. The maximum atomic E-state index is 12.0. The minimum absolute atomic E-state index is 0.0520. The van der Waals surface area contributed by atoms with Crippen LogP contribution in [-0.2, 0) is 26.3 Å². The molecule has 1 aromatic heterocycles. The SMILES string of the molecule is Cc1cc(C)n(CCC(=O)OCC(=O)NCC2(c3ccccc3)CC2)n1. The van der Waals surface area contributed by atoms with Crippen molar-refractivity contribution in [2.45, 2.75) is 45.1 Å². The number of esters is 1. The van der Waals surface area contributed by atoms with Gasteiger partial charge in [-0.15, -0.1) is 0 Å². The fraction of sp³-hybridized carbons (Fsp3) is 0.450. The highest BCUT2D eigenvalue weighted by Gasteiger charge is 2.44. The Morgan fingerprint density at radius 3 is 2.58 bits per heavy atom. The van der Waals surface area contributed by atoms with Crippen molar-refractivity contribution in [3.8, 4) is 0 Å². The molecule has 2 aromatic rings. The number of aromatic nitrogens is 2. The summed E-state index contributed by atoms with van der Waals surface area (Å²) >= 11 is 0. The van der Waals surface area contributed by atoms with Gasteiger partial charge in [0.1, 0.15) is 0 Å². The highest BCUT2D eigenvalue weighted by atomic mass is 16.5. The van der Waals surface area contributed by atoms with Gasteiger partial charge >= 0.3 is 5.97 Å². The maximum absolute atomic E-state index is 12.0. The van der Waals surface area contributed by atoms with Crippen LogP contribution in [-0.4, -0.2) is 34.8 Å². The quantitative estimate of drug-likeness (QED) is 0.738. The van der Waals surface area contributed by atoms with Gasteiger partial charge in [0, 0.05) is 17.7 Å². The molecule has 1 fully saturated rings. The van der Waals surface area contributed by atoms with Crippen molar-refractivity contribution < 1.29 is 14.3 Å². The predicted molar refractivity (Wildman–Crippen MR) is 97.6 cm³/mol. The standard InChI is InChI=1S/C20H25N3O3/c1-15-12-16(2)23(22-15)11-8-19(25)26-13-18(24)21-14-20(9-10-20)17-6-4-3-5-7-17/h3-7,12H,8-11,13-14H2,1-2H3,(H,21,24). The first kappa shape index (κ1) is 18.2. The molecule has 0 unspecified atom stereocenters. The molecule has 0 aliphatic heterocycles. The van der Waals surface area contributed by atoms with Crippen LogP contribution in [0.2, 0.25) is 0 Å². The van der Waals surface area contributed by atoms with Crippen LogP contribution in [0, 0.1) is 13.8 Å². The van der Waals surface area contributed by atoms with Gasteiger partial charge in [0.15, 0.2) is 6.61 Å². The second-order valence-electron chi connectivity index (χ2n) is 6.98. The number of nitrogens with one attached hydrogen (secondary N) is 1. The molecule has 1 N–H and O–H groups in total. The normalized spacial score (nSPS) is 14.7. The molecular weight excluding hydrogens is 330 g/mol. The molecule has 3 rings (SSSR count). The van der Waals surface area contributed by atoms with E-state index >= 15 is 0 Å². The molecule has 0 saturated heterocycles. The zero-order valence-corrected chi connectivity index (χ0v) is 15.3. The van der Waals surface area contributed by atoms with E-state index in [1.54, 1.807) is 4.68 Å². The zero-order chi connectivity index (χ0) is 18.6. The molecule has 0 atom stereocenters. The lowest BCUT2D eigenvalue weighted by Crippen LogP contribution is -2.35. The van der Waals surface area contributed by atoms with E-state index in [0.717, 1.165) is 24.2 Å². The molecule has 0 spiro atoms. The first-order chi connectivity index (χ1) is 12.5. The van der Waals surface area contributed by atoms with Crippen molar-refractivity contribution in [1.29, 1.82) is 0 Å². The molecule has 6 heteroatoms. The van der Waals surface area contributed by atoms with Crippen LogP contribution in [0.3, 0.4) is 0 Å². The molecule has 6 nitrogen and oxygen atoms in total. The van der Waals surface area contributed by atoms with E-state index in [2.05, 4.69) is 22.5 Å². The van der Waals surface area contributed by atoms with E-state index < -0.39 is 5.97 Å². The Bertz CT molecular complexity index is 779. The molecule has 1 aliphatic rings. The van der Waals surface area contributed by atoms with Gasteiger partial charge in [0.05, 0.1) is 18.7 Å². The molecule has 26 heavy (non-hydrogen) atoms. The van der Waals surface area contributed by atoms with Gasteiger partial charge in [-0.3, -0.25) is 14.3 Å². The summed E-state index contributed by atoms with van der Waals surface area (Å²) < 4.78 is 6.84. The second-order valence-corrected chi connectivity index (χ2v) is 6.98. The van der Waals surface area contributed by atoms with Gasteiger partial charge in [0.25, 0.3) is 5.91 Å². The summed E-state index contributed by atoms with van der Waals surface area (Å²) in [5, 5.41) is 7.19. The van der Waals surface area contributed by atoms with E-state index in [1.807, 2.05) is 38.1 Å². The van der Waals surface area contributed by atoms with Gasteiger partial charge in [-0.05, 0) is 38.3 Å². The molecule has 1 saturated carbocycles. The topological polar surface area (TPSA) is 73.2 Å². The molecule has 0 radical (unpaired) electrons. The van der Waals surface area contributed by atoms with Gasteiger partial charge < -0.3 is 10.1 Å². The van der Waals surface area contributed by atoms with Crippen LogP contribution < -0.4 is 5.32 Å². The summed E-state index contributed by atoms with van der Waals surface area (Å²) in [4.78, 5) is 23.8. The minimum atomic E-state index is -0.392. The Morgan fingerprint density at radius 1 is 1.23 bits per heavy atom. The van der Waals surface area contributed by atoms with Gasteiger partial charge in [0.2, 0.25) is 0 Å². The van der Waals surface area contributed by atoms with Crippen molar-refractivity contribution in [3.63, 3.8) is 0 Å². The van der Waals surface area contributed by atoms with E-state index in [9.17, 15) is 9.59 Å². The van der Waals surface area contributed by atoms with Crippen molar-refractivity contribution in [3.05, 3.63) is 53.3 Å². The Balaban J connectivity index is 1.37. The molecular formula is C20H25N3O3. The third kappa shape index (κ3) is 4.50. The Morgan fingerprint density at radius 2 is 1.96 bits per heavy atom. The summed E-state index contributed by atoms with van der Waals surface area (Å²) in [5.41, 5.74) is 3.23. The monoisotopic (exact) mass is 355 g/mol. The maximum Gasteiger partial charge on any atom is 0.308 e. The Labute approximate surface area is 153 Å². The van der Waals surface area contributed by atoms with Gasteiger partial charge in [-0.2, -0.15) is 5.10 Å². The van der Waals surface area contributed by atoms with Crippen molar-refractivity contribution in [1.82, 2.24) is 15.1 Å². The van der Waals surface area contributed by atoms with Gasteiger partial charge in [-0.25, -0.2) is 0 Å². The van der Waals surface area contributed by atoms with E-state index in [-0.39, 0.29) is 24.3 Å². The number of hydrogen-bond donors (Lipinski definition) is 1. The lowest BCUT2D eigenvalue weighted by Gasteiger charge is -2.16. The third-order valence-corrected chi connectivity index (χ3v) is 4.86. The summed E-state index contributed by atoms with van der Waals surface area (Å²) in [6.07, 6.45) is 2.34. The second kappa shape index (κ2) is 7.72.